The average molecular weight is 819 g/mol. The Hall–Kier alpha value is -7.80. The monoisotopic (exact) mass is 818 g/mol. The van der Waals surface area contributed by atoms with Crippen LogP contribution in [-0.2, 0) is 32.4 Å². The lowest BCUT2D eigenvalue weighted by Crippen LogP contribution is -2.41. The molecule has 0 aromatic heterocycles. The van der Waals surface area contributed by atoms with Crippen molar-refractivity contribution in [3.63, 3.8) is 0 Å². The van der Waals surface area contributed by atoms with Crippen LogP contribution in [0.3, 0.4) is 0 Å². The third-order valence-corrected chi connectivity index (χ3v) is 7.83. The van der Waals surface area contributed by atoms with Crippen molar-refractivity contribution < 1.29 is 73.4 Å². The molecule has 312 valence electrons. The zero-order valence-electron chi connectivity index (χ0n) is 31.2. The number of primary amides is 2. The number of aldehydes is 2. The lowest BCUT2D eigenvalue weighted by molar-refractivity contribution is -0.140. The molecule has 0 spiro atoms. The Bertz CT molecular complexity index is 2110. The molecule has 0 saturated heterocycles. The number of aliphatic carboxylic acids is 2. The summed E-state index contributed by atoms with van der Waals surface area (Å²) >= 11 is 0. The molecule has 4 aromatic rings. The quantitative estimate of drug-likeness (QED) is 0.0613. The van der Waals surface area contributed by atoms with Gasteiger partial charge in [-0.2, -0.15) is 0 Å². The van der Waals surface area contributed by atoms with E-state index in [1.807, 2.05) is 0 Å². The summed E-state index contributed by atoms with van der Waals surface area (Å²) in [6.45, 7) is 0.257. The van der Waals surface area contributed by atoms with Crippen molar-refractivity contribution in [1.29, 1.82) is 0 Å². The van der Waals surface area contributed by atoms with E-state index in [0.29, 0.717) is 18.1 Å². The number of carboxylic acid groups (broad SMARTS) is 3. The molecule has 0 aliphatic heterocycles. The Morgan fingerprint density at radius 3 is 1.41 bits per heavy atom. The summed E-state index contributed by atoms with van der Waals surface area (Å²) in [6, 6.07) is 19.2. The fourth-order valence-corrected chi connectivity index (χ4v) is 4.58. The molecule has 19 nitrogen and oxygen atoms in total. The number of hydrogen-bond donors (Lipinski definition) is 9. The standard InChI is InChI=1S/C20H20N2O7.C15H12O5.C5H10N2O3/c21-18(25)9-8-15(20(27)28)22-19(26)13-6-4-12(5-7-13)11-29-17-3-1-2-16(24)14(17)10-23;16-8-12-13(17)2-1-3-14(12)20-9-10-4-6-11(7-5-10)15(18)19;6-3(5(9)10)1-2-4(7)8/h1-7,10,15,24H,8-9,11H2,(H2,21,25)(H,22,26)(H,27,28);1-8,17H,9H2,(H,18,19);3H,1-2,6H2,(H2,7,8)(H,9,10)/t15-;;3-/m0.0/s1. The minimum Gasteiger partial charge on any atom is -0.507 e. The SMILES string of the molecule is NC(=O)CC[C@H](N)C(=O)O.NC(=O)CC[C@H](NC(=O)c1ccc(COc2cccc(O)c2C=O)cc1)C(=O)O.O=Cc1c(O)cccc1OCc1ccc(C(=O)O)cc1. The molecule has 0 saturated carbocycles. The van der Waals surface area contributed by atoms with E-state index in [-0.39, 0.29) is 84.1 Å². The Kier molecular flexibility index (Phi) is 19.2. The van der Waals surface area contributed by atoms with Gasteiger partial charge in [-0.25, -0.2) is 9.59 Å². The van der Waals surface area contributed by atoms with E-state index in [4.69, 9.17) is 42.0 Å². The molecule has 0 bridgehead atoms. The zero-order valence-corrected chi connectivity index (χ0v) is 31.2. The van der Waals surface area contributed by atoms with Crippen LogP contribution in [0.2, 0.25) is 0 Å². The minimum absolute atomic E-state index is 0.0213. The normalized spacial score (nSPS) is 11.1. The molecule has 0 fully saturated rings. The summed E-state index contributed by atoms with van der Waals surface area (Å²) in [5.74, 6) is -4.98. The first-order valence-electron chi connectivity index (χ1n) is 17.3. The van der Waals surface area contributed by atoms with Gasteiger partial charge in [-0.05, 0) is 72.5 Å². The first kappa shape index (κ1) is 47.4. The molecule has 59 heavy (non-hydrogen) atoms. The van der Waals surface area contributed by atoms with Crippen molar-refractivity contribution >= 4 is 48.2 Å². The number of nitrogens with one attached hydrogen (secondary N) is 1. The van der Waals surface area contributed by atoms with Crippen LogP contribution >= 0.6 is 0 Å². The Balaban J connectivity index is 0.000000344. The van der Waals surface area contributed by atoms with Crippen molar-refractivity contribution in [3.8, 4) is 23.0 Å². The van der Waals surface area contributed by atoms with Crippen LogP contribution in [0.15, 0.2) is 84.9 Å². The Labute approximate surface area is 336 Å². The van der Waals surface area contributed by atoms with Crippen molar-refractivity contribution in [3.05, 3.63) is 118 Å². The van der Waals surface area contributed by atoms with Gasteiger partial charge in [-0.3, -0.25) is 28.8 Å². The summed E-state index contributed by atoms with van der Waals surface area (Å²) in [5.41, 5.74) is 16.8. The lowest BCUT2D eigenvalue weighted by Gasteiger charge is -2.14. The first-order chi connectivity index (χ1) is 28.0. The predicted molar refractivity (Wildman–Crippen MR) is 207 cm³/mol. The van der Waals surface area contributed by atoms with Gasteiger partial charge in [-0.1, -0.05) is 36.4 Å². The number of nitrogens with two attached hydrogens (primary N) is 3. The maximum atomic E-state index is 12.2. The van der Waals surface area contributed by atoms with E-state index >= 15 is 0 Å². The number of aromatic hydroxyl groups is 2. The number of rotatable bonds is 19. The van der Waals surface area contributed by atoms with Crippen molar-refractivity contribution in [1.82, 2.24) is 5.32 Å². The summed E-state index contributed by atoms with van der Waals surface area (Å²) < 4.78 is 11.0. The highest BCUT2D eigenvalue weighted by Gasteiger charge is 2.21. The van der Waals surface area contributed by atoms with Crippen LogP contribution in [0, 0.1) is 0 Å². The number of hydrogen-bond acceptors (Lipinski definition) is 13. The van der Waals surface area contributed by atoms with Crippen molar-refractivity contribution in [2.45, 2.75) is 51.0 Å². The molecule has 3 amide bonds. The molecule has 4 rings (SSSR count). The molecule has 0 aliphatic rings. The average Bonchev–Trinajstić information content (AvgIpc) is 3.20. The van der Waals surface area contributed by atoms with Crippen molar-refractivity contribution in [2.75, 3.05) is 0 Å². The second-order valence-electron chi connectivity index (χ2n) is 12.2. The highest BCUT2D eigenvalue weighted by atomic mass is 16.5. The third-order valence-electron chi connectivity index (χ3n) is 7.83. The number of ether oxygens (including phenoxy) is 2. The van der Waals surface area contributed by atoms with E-state index in [0.717, 1.165) is 5.56 Å². The summed E-state index contributed by atoms with van der Waals surface area (Å²) in [7, 11) is 0. The molecule has 0 unspecified atom stereocenters. The van der Waals surface area contributed by atoms with E-state index in [9.17, 15) is 48.6 Å². The molecule has 0 heterocycles. The molecular weight excluding hydrogens is 776 g/mol. The minimum atomic E-state index is -1.26. The van der Waals surface area contributed by atoms with Gasteiger partial charge in [0.25, 0.3) is 5.91 Å². The Morgan fingerprint density at radius 2 is 1.03 bits per heavy atom. The Morgan fingerprint density at radius 1 is 0.610 bits per heavy atom. The largest absolute Gasteiger partial charge is 0.507 e. The van der Waals surface area contributed by atoms with E-state index in [1.54, 1.807) is 48.5 Å². The smallest absolute Gasteiger partial charge is 0.335 e. The maximum absolute atomic E-state index is 12.2. The zero-order chi connectivity index (χ0) is 44.1. The molecule has 19 heteroatoms. The van der Waals surface area contributed by atoms with Crippen LogP contribution < -0.4 is 32.0 Å². The third kappa shape index (κ3) is 16.5. The van der Waals surface area contributed by atoms with Gasteiger partial charge in [-0.15, -0.1) is 0 Å². The summed E-state index contributed by atoms with van der Waals surface area (Å²) in [4.78, 5) is 87.0. The van der Waals surface area contributed by atoms with Gasteiger partial charge < -0.3 is 57.5 Å². The number of benzene rings is 4. The molecule has 4 aromatic carbocycles. The highest BCUT2D eigenvalue weighted by molar-refractivity contribution is 5.96. The molecular formula is C40H42N4O15. The highest BCUT2D eigenvalue weighted by Crippen LogP contribution is 2.27. The van der Waals surface area contributed by atoms with Gasteiger partial charge in [0.2, 0.25) is 11.8 Å². The first-order valence-corrected chi connectivity index (χ1v) is 17.3. The second-order valence-corrected chi connectivity index (χ2v) is 12.2. The van der Waals surface area contributed by atoms with E-state index in [2.05, 4.69) is 5.32 Å². The maximum Gasteiger partial charge on any atom is 0.335 e. The summed E-state index contributed by atoms with van der Waals surface area (Å²) in [6.07, 6.45) is 0.877. The second kappa shape index (κ2) is 24.0. The number of carboxylic acids is 3. The van der Waals surface area contributed by atoms with Gasteiger partial charge in [0, 0.05) is 18.4 Å². The molecule has 12 N–H and O–H groups in total. The van der Waals surface area contributed by atoms with Crippen LogP contribution in [0.25, 0.3) is 0 Å². The van der Waals surface area contributed by atoms with Crippen LogP contribution in [0.1, 0.15) is 78.2 Å². The summed E-state index contributed by atoms with van der Waals surface area (Å²) in [5, 5.41) is 47.6. The fourth-order valence-electron chi connectivity index (χ4n) is 4.58. The lowest BCUT2D eigenvalue weighted by atomic mass is 10.1. The number of phenolic OH excluding ortho intramolecular Hbond substituents is 2. The molecule has 0 radical (unpaired) electrons. The number of amides is 3. The van der Waals surface area contributed by atoms with Crippen LogP contribution in [0.5, 0.6) is 23.0 Å². The molecule has 0 aliphatic carbocycles. The predicted octanol–water partition coefficient (Wildman–Crippen LogP) is 2.38. The number of carbonyl (C=O) groups excluding carboxylic acids is 5. The fraction of sp³-hybridized carbons (Fsp3) is 0.200. The number of aromatic carboxylic acids is 1. The van der Waals surface area contributed by atoms with Gasteiger partial charge in [0.05, 0.1) is 16.7 Å². The van der Waals surface area contributed by atoms with Crippen LogP contribution in [0.4, 0.5) is 0 Å². The number of carbonyl (C=O) groups is 8. The topological polar surface area (TPSA) is 346 Å². The number of phenols is 2. The van der Waals surface area contributed by atoms with Crippen LogP contribution in [-0.4, -0.2) is 85.8 Å². The molecule has 2 atom stereocenters. The van der Waals surface area contributed by atoms with Crippen molar-refractivity contribution in [2.24, 2.45) is 17.2 Å². The van der Waals surface area contributed by atoms with E-state index in [1.165, 1.54) is 36.4 Å². The van der Waals surface area contributed by atoms with Gasteiger partial charge in [0.15, 0.2) is 12.6 Å². The van der Waals surface area contributed by atoms with Gasteiger partial charge >= 0.3 is 17.9 Å². The van der Waals surface area contributed by atoms with Gasteiger partial charge in [0.1, 0.15) is 48.3 Å². The van der Waals surface area contributed by atoms with E-state index < -0.39 is 47.7 Å².